The van der Waals surface area contributed by atoms with Crippen molar-refractivity contribution in [2.24, 2.45) is 0 Å². The first-order valence-corrected chi connectivity index (χ1v) is 10.1. The van der Waals surface area contributed by atoms with Crippen LogP contribution in [0.4, 0.5) is 11.4 Å². The third-order valence-corrected chi connectivity index (χ3v) is 5.19. The second kappa shape index (κ2) is 9.80. The van der Waals surface area contributed by atoms with Crippen LogP contribution in [-0.4, -0.2) is 12.0 Å². The first-order valence-electron chi connectivity index (χ1n) is 8.68. The van der Waals surface area contributed by atoms with Gasteiger partial charge in [0.05, 0.1) is 15.6 Å². The van der Waals surface area contributed by atoms with Crippen molar-refractivity contribution >= 4 is 45.6 Å². The normalized spacial score (nSPS) is 10.4. The number of halogens is 2. The largest absolute Gasteiger partial charge is 0.493 e. The van der Waals surface area contributed by atoms with Crippen LogP contribution in [0, 0.1) is 13.7 Å². The van der Waals surface area contributed by atoms with Crippen LogP contribution in [-0.2, 0) is 13.2 Å². The van der Waals surface area contributed by atoms with Gasteiger partial charge in [-0.1, -0.05) is 29.8 Å². The second-order valence-electron chi connectivity index (χ2n) is 6.19. The van der Waals surface area contributed by atoms with Crippen molar-refractivity contribution in [3.63, 3.8) is 0 Å². The minimum atomic E-state index is -0.413. The zero-order valence-electron chi connectivity index (χ0n) is 15.5. The van der Waals surface area contributed by atoms with E-state index in [1.54, 1.807) is 19.2 Å². The lowest BCUT2D eigenvalue weighted by Gasteiger charge is -2.15. The van der Waals surface area contributed by atoms with E-state index < -0.39 is 4.92 Å². The zero-order chi connectivity index (χ0) is 20.8. The van der Waals surface area contributed by atoms with Gasteiger partial charge < -0.3 is 14.8 Å². The van der Waals surface area contributed by atoms with E-state index >= 15 is 0 Å². The van der Waals surface area contributed by atoms with E-state index in [0.29, 0.717) is 35.4 Å². The lowest BCUT2D eigenvalue weighted by molar-refractivity contribution is -0.384. The number of nitrogens with zero attached hydrogens (tertiary/aromatic N) is 1. The summed E-state index contributed by atoms with van der Waals surface area (Å²) in [5.74, 6) is 1.30. The average molecular weight is 525 g/mol. The molecule has 0 fully saturated rings. The Bertz CT molecular complexity index is 1010. The number of anilines is 1. The Labute approximate surface area is 187 Å². The van der Waals surface area contributed by atoms with E-state index in [1.807, 2.05) is 36.4 Å². The number of rotatable bonds is 8. The third-order valence-electron chi connectivity index (χ3n) is 4.14. The second-order valence-corrected chi connectivity index (χ2v) is 7.78. The molecule has 0 saturated heterocycles. The van der Waals surface area contributed by atoms with Crippen molar-refractivity contribution in [1.82, 2.24) is 0 Å². The van der Waals surface area contributed by atoms with Crippen LogP contribution < -0.4 is 14.8 Å². The summed E-state index contributed by atoms with van der Waals surface area (Å²) in [5, 5.41) is 14.8. The van der Waals surface area contributed by atoms with Gasteiger partial charge in [0.15, 0.2) is 11.5 Å². The van der Waals surface area contributed by atoms with Crippen molar-refractivity contribution in [3.05, 3.63) is 90.5 Å². The van der Waals surface area contributed by atoms with Crippen LogP contribution in [0.2, 0.25) is 5.02 Å². The smallest absolute Gasteiger partial charge is 0.271 e. The minimum Gasteiger partial charge on any atom is -0.493 e. The molecule has 0 aliphatic rings. The number of nitrogens with one attached hydrogen (secondary N) is 1. The number of hydrogen-bond donors (Lipinski definition) is 1. The van der Waals surface area contributed by atoms with Crippen LogP contribution in [0.3, 0.4) is 0 Å². The Morgan fingerprint density at radius 2 is 1.86 bits per heavy atom. The van der Waals surface area contributed by atoms with Crippen molar-refractivity contribution < 1.29 is 14.4 Å². The van der Waals surface area contributed by atoms with E-state index in [4.69, 9.17) is 21.1 Å². The standard InChI is InChI=1S/C21H18ClIN2O4/c1-28-20-10-15(12-24-17-3-2-4-18(11-17)25(26)27)9-19(23)21(20)29-13-14-5-7-16(22)8-6-14/h2-11,24H,12-13H2,1H3. The summed E-state index contributed by atoms with van der Waals surface area (Å²) in [7, 11) is 1.60. The third kappa shape index (κ3) is 5.74. The van der Waals surface area contributed by atoms with Gasteiger partial charge in [0.2, 0.25) is 0 Å². The molecule has 0 aliphatic carbocycles. The SMILES string of the molecule is COc1cc(CNc2cccc([N+](=O)[O-])c2)cc(I)c1OCc1ccc(Cl)cc1. The van der Waals surface area contributed by atoms with Gasteiger partial charge in [-0.2, -0.15) is 0 Å². The highest BCUT2D eigenvalue weighted by Gasteiger charge is 2.13. The van der Waals surface area contributed by atoms with Gasteiger partial charge in [0.25, 0.3) is 5.69 Å². The van der Waals surface area contributed by atoms with Crippen molar-refractivity contribution in [2.45, 2.75) is 13.2 Å². The number of benzene rings is 3. The van der Waals surface area contributed by atoms with Gasteiger partial charge in [-0.3, -0.25) is 10.1 Å². The highest BCUT2D eigenvalue weighted by molar-refractivity contribution is 14.1. The van der Waals surface area contributed by atoms with Crippen molar-refractivity contribution in [1.29, 1.82) is 0 Å². The average Bonchev–Trinajstić information content (AvgIpc) is 2.72. The molecule has 0 amide bonds. The number of ether oxygens (including phenoxy) is 2. The lowest BCUT2D eigenvalue weighted by atomic mass is 10.2. The summed E-state index contributed by atoms with van der Waals surface area (Å²) in [4.78, 5) is 10.5. The fourth-order valence-electron chi connectivity index (χ4n) is 2.69. The maximum atomic E-state index is 10.9. The van der Waals surface area contributed by atoms with E-state index in [-0.39, 0.29) is 5.69 Å². The van der Waals surface area contributed by atoms with Crippen LogP contribution >= 0.6 is 34.2 Å². The first kappa shape index (κ1) is 21.2. The summed E-state index contributed by atoms with van der Waals surface area (Å²) < 4.78 is 12.4. The predicted octanol–water partition coefficient (Wildman–Crippen LogP) is 6.05. The van der Waals surface area contributed by atoms with Crippen LogP contribution in [0.5, 0.6) is 11.5 Å². The van der Waals surface area contributed by atoms with E-state index in [9.17, 15) is 10.1 Å². The number of hydrogen-bond acceptors (Lipinski definition) is 5. The summed E-state index contributed by atoms with van der Waals surface area (Å²) >= 11 is 8.12. The molecule has 0 aromatic heterocycles. The fourth-order valence-corrected chi connectivity index (χ4v) is 3.63. The molecule has 0 radical (unpaired) electrons. The Balaban J connectivity index is 1.71. The Morgan fingerprint density at radius 3 is 2.55 bits per heavy atom. The molecule has 0 saturated carbocycles. The highest BCUT2D eigenvalue weighted by atomic mass is 127. The predicted molar refractivity (Wildman–Crippen MR) is 122 cm³/mol. The highest BCUT2D eigenvalue weighted by Crippen LogP contribution is 2.35. The Hall–Kier alpha value is -2.52. The molecule has 0 aliphatic heterocycles. The number of nitro groups is 1. The first-order chi connectivity index (χ1) is 14.0. The minimum absolute atomic E-state index is 0.0492. The van der Waals surface area contributed by atoms with Gasteiger partial charge in [0.1, 0.15) is 6.61 Å². The molecular formula is C21H18ClIN2O4. The van der Waals surface area contributed by atoms with Crippen LogP contribution in [0.15, 0.2) is 60.7 Å². The topological polar surface area (TPSA) is 73.6 Å². The fraction of sp³-hybridized carbons (Fsp3) is 0.143. The molecule has 0 unspecified atom stereocenters. The lowest BCUT2D eigenvalue weighted by Crippen LogP contribution is -2.04. The van der Waals surface area contributed by atoms with E-state index in [1.165, 1.54) is 12.1 Å². The molecule has 0 bridgehead atoms. The molecule has 3 aromatic carbocycles. The van der Waals surface area contributed by atoms with Crippen LogP contribution in [0.1, 0.15) is 11.1 Å². The number of non-ortho nitro benzene ring substituents is 1. The van der Waals surface area contributed by atoms with Gasteiger partial charge >= 0.3 is 0 Å². The molecule has 0 heterocycles. The maximum Gasteiger partial charge on any atom is 0.271 e. The van der Waals surface area contributed by atoms with Gasteiger partial charge in [-0.25, -0.2) is 0 Å². The number of nitro benzene ring substituents is 1. The molecule has 150 valence electrons. The van der Waals surface area contributed by atoms with E-state index in [0.717, 1.165) is 14.7 Å². The molecule has 6 nitrogen and oxygen atoms in total. The molecule has 0 atom stereocenters. The summed E-state index contributed by atoms with van der Waals surface area (Å²) in [6.45, 7) is 0.889. The summed E-state index contributed by atoms with van der Waals surface area (Å²) in [6.07, 6.45) is 0. The maximum absolute atomic E-state index is 10.9. The summed E-state index contributed by atoms with van der Waals surface area (Å²) in [5.41, 5.74) is 2.70. The molecule has 3 aromatic rings. The Kier molecular flexibility index (Phi) is 7.16. The Morgan fingerprint density at radius 1 is 1.10 bits per heavy atom. The zero-order valence-corrected chi connectivity index (χ0v) is 18.4. The van der Waals surface area contributed by atoms with Crippen LogP contribution in [0.25, 0.3) is 0 Å². The number of methoxy groups -OCH3 is 1. The van der Waals surface area contributed by atoms with Crippen molar-refractivity contribution in [3.8, 4) is 11.5 Å². The van der Waals surface area contributed by atoms with Gasteiger partial charge in [-0.05, 0) is 64.0 Å². The monoisotopic (exact) mass is 524 g/mol. The molecule has 1 N–H and O–H groups in total. The molecular weight excluding hydrogens is 507 g/mol. The molecule has 0 spiro atoms. The molecule has 29 heavy (non-hydrogen) atoms. The molecule has 8 heteroatoms. The summed E-state index contributed by atoms with van der Waals surface area (Å²) in [6, 6.07) is 17.8. The molecule has 3 rings (SSSR count). The van der Waals surface area contributed by atoms with Gasteiger partial charge in [0, 0.05) is 29.4 Å². The van der Waals surface area contributed by atoms with Gasteiger partial charge in [-0.15, -0.1) is 0 Å². The van der Waals surface area contributed by atoms with Crippen molar-refractivity contribution in [2.75, 3.05) is 12.4 Å². The van der Waals surface area contributed by atoms with E-state index in [2.05, 4.69) is 27.9 Å². The quantitative estimate of drug-likeness (QED) is 0.221.